The van der Waals surface area contributed by atoms with Crippen LogP contribution < -0.4 is 0 Å². The van der Waals surface area contributed by atoms with Gasteiger partial charge >= 0.3 is 0 Å². The number of carbonyl (C=O) groups is 1. The maximum atomic E-state index is 13.2. The summed E-state index contributed by atoms with van der Waals surface area (Å²) in [4.78, 5) is 15.4. The zero-order chi connectivity index (χ0) is 17.6. The number of methoxy groups -OCH3 is 1. The second kappa shape index (κ2) is 6.40. The highest BCUT2D eigenvalue weighted by atomic mass is 35.5. The lowest BCUT2D eigenvalue weighted by Crippen LogP contribution is -2.31. The Bertz CT molecular complexity index is 938. The van der Waals surface area contributed by atoms with Gasteiger partial charge in [0, 0.05) is 37.1 Å². The van der Waals surface area contributed by atoms with Gasteiger partial charge in [0.25, 0.3) is 5.91 Å². The van der Waals surface area contributed by atoms with E-state index in [1.165, 1.54) is 11.3 Å². The summed E-state index contributed by atoms with van der Waals surface area (Å²) in [5.74, 6) is 0.775. The molecule has 1 aromatic carbocycles. The Kier molecular flexibility index (Phi) is 4.23. The standard InChI is InChI=1S/C17H16ClN3O3S/c1-9-19-20-16(24-9)12-7-10(23-2)8-21(12)17(22)15-14(18)11-5-3-4-6-13(11)25-15/h3-6,10,12H,7-8H2,1-2H3/t10-,12+/m0/s1. The first kappa shape index (κ1) is 16.5. The summed E-state index contributed by atoms with van der Waals surface area (Å²) >= 11 is 7.88. The molecule has 25 heavy (non-hydrogen) atoms. The van der Waals surface area contributed by atoms with Crippen LogP contribution in [0.1, 0.15) is 33.9 Å². The van der Waals surface area contributed by atoms with Gasteiger partial charge in [-0.1, -0.05) is 29.8 Å². The van der Waals surface area contributed by atoms with Crippen molar-refractivity contribution in [3.63, 3.8) is 0 Å². The van der Waals surface area contributed by atoms with Crippen LogP contribution >= 0.6 is 22.9 Å². The van der Waals surface area contributed by atoms with Crippen molar-refractivity contribution in [2.45, 2.75) is 25.5 Å². The zero-order valence-electron chi connectivity index (χ0n) is 13.7. The van der Waals surface area contributed by atoms with Gasteiger partial charge < -0.3 is 14.1 Å². The van der Waals surface area contributed by atoms with E-state index in [9.17, 15) is 4.79 Å². The molecule has 1 amide bonds. The third-order valence-corrected chi connectivity index (χ3v) is 6.08. The van der Waals surface area contributed by atoms with Crippen molar-refractivity contribution in [2.75, 3.05) is 13.7 Å². The monoisotopic (exact) mass is 377 g/mol. The molecule has 4 rings (SSSR count). The van der Waals surface area contributed by atoms with Crippen LogP contribution in [0.5, 0.6) is 0 Å². The molecule has 3 heterocycles. The summed E-state index contributed by atoms with van der Waals surface area (Å²) in [5.41, 5.74) is 0. The Morgan fingerprint density at radius 1 is 1.40 bits per heavy atom. The van der Waals surface area contributed by atoms with E-state index in [1.54, 1.807) is 18.9 Å². The van der Waals surface area contributed by atoms with Crippen LogP contribution in [-0.4, -0.2) is 40.8 Å². The van der Waals surface area contributed by atoms with E-state index in [4.69, 9.17) is 20.8 Å². The van der Waals surface area contributed by atoms with E-state index in [0.717, 1.165) is 10.1 Å². The molecule has 1 saturated heterocycles. The molecular formula is C17H16ClN3O3S. The van der Waals surface area contributed by atoms with E-state index >= 15 is 0 Å². The van der Waals surface area contributed by atoms with Gasteiger partial charge in [0.1, 0.15) is 10.9 Å². The molecular weight excluding hydrogens is 362 g/mol. The SMILES string of the molecule is CO[C@H]1C[C@H](c2nnc(C)o2)N(C(=O)c2sc3ccccc3c2Cl)C1. The fourth-order valence-electron chi connectivity index (χ4n) is 3.16. The summed E-state index contributed by atoms with van der Waals surface area (Å²) in [7, 11) is 1.64. The molecule has 1 aliphatic heterocycles. The predicted molar refractivity (Wildman–Crippen MR) is 95.1 cm³/mol. The lowest BCUT2D eigenvalue weighted by atomic mass is 10.2. The number of hydrogen-bond acceptors (Lipinski definition) is 6. The average Bonchev–Trinajstić information content (AvgIpc) is 3.31. The lowest BCUT2D eigenvalue weighted by molar-refractivity contribution is 0.0679. The molecule has 0 radical (unpaired) electrons. The Morgan fingerprint density at radius 3 is 2.88 bits per heavy atom. The molecule has 1 fully saturated rings. The lowest BCUT2D eigenvalue weighted by Gasteiger charge is -2.21. The minimum absolute atomic E-state index is 0.0747. The number of nitrogens with zero attached hydrogens (tertiary/aromatic N) is 3. The van der Waals surface area contributed by atoms with Crippen LogP contribution in [0.3, 0.4) is 0 Å². The number of benzene rings is 1. The Morgan fingerprint density at radius 2 is 2.20 bits per heavy atom. The van der Waals surface area contributed by atoms with Gasteiger partial charge in [0.05, 0.1) is 11.1 Å². The first-order valence-electron chi connectivity index (χ1n) is 7.89. The van der Waals surface area contributed by atoms with Crippen molar-refractivity contribution in [3.05, 3.63) is 45.9 Å². The normalized spacial score (nSPS) is 20.5. The number of aromatic nitrogens is 2. The topological polar surface area (TPSA) is 68.5 Å². The summed E-state index contributed by atoms with van der Waals surface area (Å²) in [6, 6.07) is 7.43. The quantitative estimate of drug-likeness (QED) is 0.693. The molecule has 0 aliphatic carbocycles. The number of hydrogen-bond donors (Lipinski definition) is 0. The van der Waals surface area contributed by atoms with Gasteiger partial charge in [0.2, 0.25) is 11.8 Å². The minimum atomic E-state index is -0.306. The van der Waals surface area contributed by atoms with Gasteiger partial charge in [0.15, 0.2) is 0 Å². The molecule has 130 valence electrons. The fraction of sp³-hybridized carbons (Fsp3) is 0.353. The van der Waals surface area contributed by atoms with Crippen LogP contribution in [0, 0.1) is 6.92 Å². The second-order valence-electron chi connectivity index (χ2n) is 5.97. The number of fused-ring (bicyclic) bond motifs is 1. The van der Waals surface area contributed by atoms with Crippen molar-refractivity contribution < 1.29 is 13.9 Å². The third-order valence-electron chi connectivity index (χ3n) is 4.41. The number of halogens is 1. The van der Waals surface area contributed by atoms with Gasteiger partial charge in [-0.25, -0.2) is 0 Å². The molecule has 0 N–H and O–H groups in total. The highest BCUT2D eigenvalue weighted by molar-refractivity contribution is 7.21. The van der Waals surface area contributed by atoms with E-state index in [-0.39, 0.29) is 18.1 Å². The van der Waals surface area contributed by atoms with Gasteiger partial charge in [-0.05, 0) is 6.07 Å². The van der Waals surface area contributed by atoms with Gasteiger partial charge in [-0.3, -0.25) is 4.79 Å². The fourth-order valence-corrected chi connectivity index (χ4v) is 4.62. The minimum Gasteiger partial charge on any atom is -0.423 e. The molecule has 1 aliphatic rings. The number of likely N-dealkylation sites (tertiary alicyclic amines) is 1. The Balaban J connectivity index is 1.72. The van der Waals surface area contributed by atoms with E-state index in [0.29, 0.717) is 34.6 Å². The molecule has 3 aromatic rings. The number of rotatable bonds is 3. The van der Waals surface area contributed by atoms with Crippen molar-refractivity contribution in [1.82, 2.24) is 15.1 Å². The molecule has 2 aromatic heterocycles. The van der Waals surface area contributed by atoms with E-state index in [2.05, 4.69) is 10.2 Å². The number of ether oxygens (including phenoxy) is 1. The second-order valence-corrected chi connectivity index (χ2v) is 7.40. The first-order valence-corrected chi connectivity index (χ1v) is 9.08. The van der Waals surface area contributed by atoms with Crippen LogP contribution in [-0.2, 0) is 4.74 Å². The summed E-state index contributed by atoms with van der Waals surface area (Å²) in [6.07, 6.45) is 0.543. The van der Waals surface area contributed by atoms with Crippen molar-refractivity contribution in [1.29, 1.82) is 0 Å². The highest BCUT2D eigenvalue weighted by Gasteiger charge is 2.40. The van der Waals surface area contributed by atoms with Crippen LogP contribution in [0.2, 0.25) is 5.02 Å². The Labute approximate surface area is 153 Å². The van der Waals surface area contributed by atoms with Crippen molar-refractivity contribution in [2.24, 2.45) is 0 Å². The molecule has 0 spiro atoms. The smallest absolute Gasteiger partial charge is 0.266 e. The van der Waals surface area contributed by atoms with Crippen LogP contribution in [0.15, 0.2) is 28.7 Å². The molecule has 0 unspecified atom stereocenters. The maximum Gasteiger partial charge on any atom is 0.266 e. The van der Waals surface area contributed by atoms with Gasteiger partial charge in [-0.15, -0.1) is 21.5 Å². The molecule has 8 heteroatoms. The van der Waals surface area contributed by atoms with Crippen molar-refractivity contribution in [3.8, 4) is 0 Å². The maximum absolute atomic E-state index is 13.2. The Hall–Kier alpha value is -1.96. The average molecular weight is 378 g/mol. The largest absolute Gasteiger partial charge is 0.423 e. The third kappa shape index (κ3) is 2.82. The van der Waals surface area contributed by atoms with Gasteiger partial charge in [-0.2, -0.15) is 0 Å². The van der Waals surface area contributed by atoms with E-state index in [1.807, 2.05) is 24.3 Å². The van der Waals surface area contributed by atoms with Crippen LogP contribution in [0.4, 0.5) is 0 Å². The van der Waals surface area contributed by atoms with Crippen LogP contribution in [0.25, 0.3) is 10.1 Å². The first-order chi connectivity index (χ1) is 12.1. The van der Waals surface area contributed by atoms with E-state index < -0.39 is 0 Å². The predicted octanol–water partition coefficient (Wildman–Crippen LogP) is 3.85. The summed E-state index contributed by atoms with van der Waals surface area (Å²) < 4.78 is 12.0. The van der Waals surface area contributed by atoms with Crippen molar-refractivity contribution >= 4 is 38.9 Å². The number of amides is 1. The summed E-state index contributed by atoms with van der Waals surface area (Å²) in [5, 5.41) is 9.36. The number of carbonyl (C=O) groups excluding carboxylic acids is 1. The number of aryl methyl sites for hydroxylation is 1. The molecule has 0 bridgehead atoms. The molecule has 2 atom stereocenters. The summed E-state index contributed by atoms with van der Waals surface area (Å²) in [6.45, 7) is 2.19. The highest BCUT2D eigenvalue weighted by Crippen LogP contribution is 2.39. The number of thiophene rings is 1. The molecule has 6 nitrogen and oxygen atoms in total. The molecule has 0 saturated carbocycles. The zero-order valence-corrected chi connectivity index (χ0v) is 15.3.